The number of hydrogen-bond donors (Lipinski definition) is 2. The van der Waals surface area contributed by atoms with Crippen molar-refractivity contribution >= 4 is 188 Å². The molecule has 2 N–H and O–H groups in total. The average molecular weight is 1290 g/mol. The first kappa shape index (κ1) is 57.4. The van der Waals surface area contributed by atoms with Gasteiger partial charge >= 0.3 is 0 Å². The minimum Gasteiger partial charge on any atom is -0.352 e. The fraction of sp³-hybridized carbons (Fsp3) is 0.244. The summed E-state index contributed by atoms with van der Waals surface area (Å²) in [6, 6.07) is 17.9. The maximum absolute atomic E-state index is 14.2. The molecule has 6 aromatic rings. The lowest BCUT2D eigenvalue weighted by atomic mass is 9.71. The van der Waals surface area contributed by atoms with Crippen LogP contribution in [0.15, 0.2) is 78.9 Å². The number of Topliss-reactive ketones (excluding diaryl/α,β-unsaturated/α-hetero) is 1. The van der Waals surface area contributed by atoms with Crippen LogP contribution in [0.3, 0.4) is 0 Å². The van der Waals surface area contributed by atoms with E-state index in [1.54, 1.807) is 126 Å². The van der Waals surface area contributed by atoms with Gasteiger partial charge in [-0.25, -0.2) is 26.3 Å². The van der Waals surface area contributed by atoms with Gasteiger partial charge in [0.2, 0.25) is 0 Å². The predicted octanol–water partition coefficient (Wildman–Crippen LogP) is 12.4. The molecule has 3 nitrogen and oxygen atoms in total. The number of terminal acetylenes is 1. The summed E-state index contributed by atoms with van der Waals surface area (Å²) in [5, 5.41) is 2.97. The van der Waals surface area contributed by atoms with Crippen LogP contribution in [0.4, 0.5) is 26.3 Å². The van der Waals surface area contributed by atoms with Crippen molar-refractivity contribution in [1.29, 1.82) is 0 Å². The number of fused-ring (bicyclic) bond motifs is 2. The predicted molar refractivity (Wildman–Crippen MR) is 306 cm³/mol. The van der Waals surface area contributed by atoms with Gasteiger partial charge in [-0.15, -0.1) is 12.3 Å². The summed E-state index contributed by atoms with van der Waals surface area (Å²) in [7, 11) is 19.9. The quantitative estimate of drug-likeness (QED) is 0.103. The molecule has 2 heterocycles. The second-order valence-corrected chi connectivity index (χ2v) is 36.1. The lowest BCUT2D eigenvalue weighted by molar-refractivity contribution is -0.126. The Morgan fingerprint density at radius 2 is 1.08 bits per heavy atom. The molecule has 0 atom stereocenters. The molecular formula is C41H34Br2F6N2OS14. The summed E-state index contributed by atoms with van der Waals surface area (Å²) in [6.45, 7) is 1.65. The number of nitrogens with one attached hydrogen (secondary N) is 2. The number of rotatable bonds is 5. The van der Waals surface area contributed by atoms with Crippen molar-refractivity contribution in [1.82, 2.24) is 9.97 Å². The third kappa shape index (κ3) is 18.5. The minimum atomic E-state index is -0.640. The molecule has 66 heavy (non-hydrogen) atoms. The second-order valence-electron chi connectivity index (χ2n) is 13.5. The maximum atomic E-state index is 14.2. The molecule has 8 rings (SSSR count). The third-order valence-corrected chi connectivity index (χ3v) is 35.5. The molecule has 2 aliphatic rings. The summed E-state index contributed by atoms with van der Waals surface area (Å²) >= 11 is 16.2. The summed E-state index contributed by atoms with van der Waals surface area (Å²) in [5.74, 6) is 1.06. The number of carbonyl (C=O) groups is 1. The molecule has 0 saturated heterocycles. The van der Waals surface area contributed by atoms with E-state index in [4.69, 9.17) is 22.4 Å². The van der Waals surface area contributed by atoms with E-state index in [0.717, 1.165) is 65.3 Å². The van der Waals surface area contributed by atoms with Gasteiger partial charge in [-0.1, -0.05) is 31.9 Å². The van der Waals surface area contributed by atoms with E-state index >= 15 is 0 Å². The molecular weight excluding hydrogens is 1260 g/mol. The lowest BCUT2D eigenvalue weighted by Gasteiger charge is -2.35. The van der Waals surface area contributed by atoms with Crippen LogP contribution in [-0.2, 0) is 134 Å². The molecule has 0 aliphatic heterocycles. The molecule has 0 unspecified atom stereocenters. The highest BCUT2D eigenvalue weighted by Crippen LogP contribution is 2.48. The Kier molecular flexibility index (Phi) is 27.1. The standard InChI is InChI=1S/C19H15BrF3N.C14H8F3N.C5H7BrO.C3H4.S14/c20-9-10-5-12(6-10)17-15-7-14(22)8-16(23)19(15)24-18(17)11-1-3-13(21)4-2-11;15-10-3-1-8(2-4-10)13-6-9-5-11(16)7-12(17)14(9)18-13;6-3-4-1-5(7)2-4;1-3-2;1-3-5-7-9-11-13-14-12-10-8-6-4-2/h1-4,7-8,10,12,24H,5-6,9H2;1-7,18H;4H,1-3H2;1H,2H3;. The highest BCUT2D eigenvalue weighted by atomic mass is 79.9. The van der Waals surface area contributed by atoms with Gasteiger partial charge in [0.1, 0.15) is 40.7 Å². The first-order valence-electron chi connectivity index (χ1n) is 18.6. The first-order chi connectivity index (χ1) is 31.8. The number of ketones is 1. The molecule has 25 heteroatoms. The van der Waals surface area contributed by atoms with Crippen LogP contribution >= 0.6 is 31.9 Å². The lowest BCUT2D eigenvalue weighted by Crippen LogP contribution is -2.23. The van der Waals surface area contributed by atoms with Crippen LogP contribution in [0.25, 0.3) is 44.3 Å². The van der Waals surface area contributed by atoms with Crippen molar-refractivity contribution in [3.63, 3.8) is 0 Å². The van der Waals surface area contributed by atoms with Gasteiger partial charge in [-0.3, -0.25) is 4.79 Å². The smallest absolute Gasteiger partial charge is 0.150 e. The van der Waals surface area contributed by atoms with Gasteiger partial charge in [-0.05, 0) is 121 Å². The highest BCUT2D eigenvalue weighted by Gasteiger charge is 2.34. The van der Waals surface area contributed by atoms with Gasteiger partial charge in [0.05, 0.1) is 16.7 Å². The maximum Gasteiger partial charge on any atom is 0.150 e. The molecule has 0 bridgehead atoms. The zero-order valence-electron chi connectivity index (χ0n) is 33.7. The zero-order valence-corrected chi connectivity index (χ0v) is 48.3. The fourth-order valence-corrected chi connectivity index (χ4v) is 34.8. The molecule has 0 amide bonds. The van der Waals surface area contributed by atoms with E-state index in [0.29, 0.717) is 45.2 Å². The van der Waals surface area contributed by atoms with Crippen LogP contribution in [0.2, 0.25) is 0 Å². The molecule has 2 aliphatic carbocycles. The number of carbonyl (C=O) groups excluding carboxylic acids is 1. The molecule has 354 valence electrons. The number of benzene rings is 4. The summed E-state index contributed by atoms with van der Waals surface area (Å²) in [6.07, 6.45) is 8.17. The van der Waals surface area contributed by atoms with Crippen molar-refractivity contribution in [2.45, 2.75) is 38.5 Å². The van der Waals surface area contributed by atoms with Crippen molar-refractivity contribution in [2.24, 2.45) is 11.8 Å². The number of halogens is 8. The van der Waals surface area contributed by atoms with Crippen molar-refractivity contribution < 1.29 is 31.1 Å². The monoisotopic (exact) mass is 1290 g/mol. The van der Waals surface area contributed by atoms with E-state index in [-0.39, 0.29) is 23.1 Å². The molecule has 0 radical (unpaired) electrons. The van der Waals surface area contributed by atoms with E-state index in [2.05, 4.69) is 54.2 Å². The molecule has 4 aromatic carbocycles. The fourth-order valence-electron chi connectivity index (χ4n) is 6.36. The first-order valence-corrected chi connectivity index (χ1v) is 38.2. The molecule has 0 spiro atoms. The number of hydrogen-bond acceptors (Lipinski definition) is 3. The number of aromatic nitrogens is 2. The van der Waals surface area contributed by atoms with E-state index in [1.807, 2.05) is 0 Å². The van der Waals surface area contributed by atoms with E-state index < -0.39 is 23.3 Å². The van der Waals surface area contributed by atoms with Crippen molar-refractivity contribution in [3.8, 4) is 34.9 Å². The van der Waals surface area contributed by atoms with Crippen LogP contribution in [0.5, 0.6) is 0 Å². The zero-order chi connectivity index (χ0) is 48.0. The van der Waals surface area contributed by atoms with Gasteiger partial charge in [0.15, 0.2) is 0 Å². The Hall–Kier alpha value is -1.19. The van der Waals surface area contributed by atoms with Crippen molar-refractivity contribution in [3.05, 3.63) is 119 Å². The summed E-state index contributed by atoms with van der Waals surface area (Å²) < 4.78 is 80.6. The normalized spacial score (nSPS) is 14.4. The summed E-state index contributed by atoms with van der Waals surface area (Å²) in [4.78, 5) is 16.2. The molecule has 2 fully saturated rings. The van der Waals surface area contributed by atoms with Gasteiger partial charge in [0, 0.05) is 181 Å². The number of H-pyrrole nitrogens is 2. The average Bonchev–Trinajstić information content (AvgIpc) is 3.87. The Morgan fingerprint density at radius 3 is 1.53 bits per heavy atom. The van der Waals surface area contributed by atoms with Crippen molar-refractivity contribution in [2.75, 3.05) is 10.7 Å². The van der Waals surface area contributed by atoms with Gasteiger partial charge in [0.25, 0.3) is 0 Å². The minimum absolute atomic E-state index is 0.246. The third-order valence-electron chi connectivity index (χ3n) is 9.22. The van der Waals surface area contributed by atoms with Gasteiger partial charge in [-0.2, -0.15) is 0 Å². The van der Waals surface area contributed by atoms with E-state index in [9.17, 15) is 31.1 Å². The van der Waals surface area contributed by atoms with E-state index in [1.165, 1.54) is 54.2 Å². The van der Waals surface area contributed by atoms with Crippen LogP contribution in [0, 0.1) is 59.1 Å². The SMILES string of the molecule is C#CC.Fc1ccc(-c2[nH]c3c(F)cc(F)cc3c2C2CC(CBr)C2)cc1.Fc1ccc(-c2cc3cc(F)cc(F)c3[nH]2)cc1.O=C1CC(CBr)C1.S=S=S=S=S=S=S=S=S=S=S=S=S=S. The topological polar surface area (TPSA) is 48.6 Å². The molecule has 2 saturated carbocycles. The second kappa shape index (κ2) is 31.2. The Labute approximate surface area is 439 Å². The Morgan fingerprint density at radius 1 is 0.621 bits per heavy atom. The van der Waals surface area contributed by atoms with Gasteiger partial charge < -0.3 is 9.97 Å². The Bertz CT molecular complexity index is 3180. The van der Waals surface area contributed by atoms with Crippen LogP contribution < -0.4 is 0 Å². The van der Waals surface area contributed by atoms with Crippen LogP contribution in [0.1, 0.15) is 44.1 Å². The number of alkyl halides is 2. The highest BCUT2D eigenvalue weighted by molar-refractivity contribution is 9.09. The Balaban J connectivity index is 0.000000201. The largest absolute Gasteiger partial charge is 0.352 e. The number of aromatic amines is 2. The molecule has 2 aromatic heterocycles. The summed E-state index contributed by atoms with van der Waals surface area (Å²) in [5.41, 5.74) is 4.37. The van der Waals surface area contributed by atoms with Crippen LogP contribution in [-0.4, -0.2) is 26.4 Å².